The molecule has 0 bridgehead atoms. The van der Waals surface area contributed by atoms with E-state index < -0.39 is 23.3 Å². The number of aromatic hydroxyl groups is 1. The predicted molar refractivity (Wildman–Crippen MR) is 173 cm³/mol. The number of halogens is 3. The molecule has 47 heavy (non-hydrogen) atoms. The Balaban J connectivity index is 1.27. The molecule has 0 aliphatic carbocycles. The molecular weight excluding hydrogens is 607 g/mol. The van der Waals surface area contributed by atoms with Crippen molar-refractivity contribution >= 4 is 33.4 Å². The highest BCUT2D eigenvalue weighted by Gasteiger charge is 2.49. The number of nitrogens with zero attached hydrogens (tertiary/aromatic N) is 4. The third-order valence-electron chi connectivity index (χ3n) is 11.0. The summed E-state index contributed by atoms with van der Waals surface area (Å²) in [5.74, 6) is -0.539. The smallest absolute Gasteiger partial charge is 0.319 e. The number of hydrogen-bond donors (Lipinski definition) is 2. The summed E-state index contributed by atoms with van der Waals surface area (Å²) >= 11 is 0. The maximum Gasteiger partial charge on any atom is 0.319 e. The van der Waals surface area contributed by atoms with Gasteiger partial charge in [0.2, 0.25) is 5.91 Å². The molecule has 4 saturated heterocycles. The number of fused-ring (bicyclic) bond motifs is 3. The van der Waals surface area contributed by atoms with Gasteiger partial charge in [-0.2, -0.15) is 9.97 Å². The fourth-order valence-corrected chi connectivity index (χ4v) is 8.77. The van der Waals surface area contributed by atoms with E-state index in [1.807, 2.05) is 6.92 Å². The Labute approximate surface area is 270 Å². The number of benzene rings is 3. The van der Waals surface area contributed by atoms with Gasteiger partial charge in [-0.1, -0.05) is 19.1 Å². The van der Waals surface area contributed by atoms with E-state index in [0.29, 0.717) is 78.5 Å². The SMILES string of the molecule is CCc1c(F)ccc2cc(O)cc(-c3ccc4c(N5CCCC6(CNC(=O)C6)C5)nc(OC[C@@]56CCCN5C[C@H](F)C6)nc4c3F)c12. The standard InChI is InChI=1S/C36H38F3N5O3/c1-2-24-28(38)8-5-21-13-23(45)14-27(30(21)24)25-6-7-26-32(31(25)39)41-34(47-20-36-10-4-12-44(36)17-22(37)15-36)42-33(26)43-11-3-9-35(19-43)16-29(46)40-18-35/h5-8,13-14,22,45H,2-4,9-12,15-20H2,1H3,(H,40,46)/t22-,35?,36+/m1/s1. The molecule has 3 atom stereocenters. The van der Waals surface area contributed by atoms with Gasteiger partial charge in [0.25, 0.3) is 0 Å². The van der Waals surface area contributed by atoms with E-state index in [2.05, 4.69) is 20.1 Å². The number of phenols is 1. The summed E-state index contributed by atoms with van der Waals surface area (Å²) in [5, 5.41) is 15.2. The first-order chi connectivity index (χ1) is 22.7. The number of carbonyl (C=O) groups is 1. The number of carbonyl (C=O) groups excluding carboxylic acids is 1. The lowest BCUT2D eigenvalue weighted by atomic mass is 9.79. The summed E-state index contributed by atoms with van der Waals surface area (Å²) in [4.78, 5) is 26.0. The summed E-state index contributed by atoms with van der Waals surface area (Å²) in [6, 6.07) is 9.38. The molecule has 1 aromatic heterocycles. The molecule has 246 valence electrons. The summed E-state index contributed by atoms with van der Waals surface area (Å²) in [7, 11) is 0. The van der Waals surface area contributed by atoms with Crippen LogP contribution in [0, 0.1) is 17.0 Å². The van der Waals surface area contributed by atoms with Gasteiger partial charge in [-0.3, -0.25) is 9.69 Å². The molecule has 4 fully saturated rings. The zero-order valence-electron chi connectivity index (χ0n) is 26.4. The summed E-state index contributed by atoms with van der Waals surface area (Å²) in [6.07, 6.45) is 3.77. The molecule has 8 rings (SSSR count). The van der Waals surface area contributed by atoms with Crippen molar-refractivity contribution in [2.75, 3.05) is 44.2 Å². The van der Waals surface area contributed by atoms with Crippen LogP contribution < -0.4 is 15.0 Å². The molecule has 5 heterocycles. The quantitative estimate of drug-likeness (QED) is 0.264. The highest BCUT2D eigenvalue weighted by Crippen LogP contribution is 2.44. The normalized spacial score (nSPS) is 26.1. The monoisotopic (exact) mass is 645 g/mol. The number of aryl methyl sites for hydroxylation is 1. The number of alkyl halides is 1. The molecule has 1 spiro atoms. The van der Waals surface area contributed by atoms with Crippen LogP contribution in [0.15, 0.2) is 36.4 Å². The minimum absolute atomic E-state index is 0.00777. The Morgan fingerprint density at radius 1 is 1.09 bits per heavy atom. The molecule has 0 saturated carbocycles. The number of ether oxygens (including phenoxy) is 1. The van der Waals surface area contributed by atoms with Crippen LogP contribution in [0.4, 0.5) is 19.0 Å². The zero-order chi connectivity index (χ0) is 32.5. The van der Waals surface area contributed by atoms with E-state index in [1.54, 1.807) is 24.3 Å². The first-order valence-corrected chi connectivity index (χ1v) is 16.7. The van der Waals surface area contributed by atoms with Crippen molar-refractivity contribution in [3.05, 3.63) is 53.6 Å². The number of nitrogens with one attached hydrogen (secondary N) is 1. The van der Waals surface area contributed by atoms with Crippen LogP contribution in [0.1, 0.15) is 51.0 Å². The summed E-state index contributed by atoms with van der Waals surface area (Å²) in [6.45, 7) is 5.04. The van der Waals surface area contributed by atoms with Crippen LogP contribution in [-0.2, 0) is 11.2 Å². The van der Waals surface area contributed by atoms with Crippen LogP contribution in [0.2, 0.25) is 0 Å². The average molecular weight is 646 g/mol. The van der Waals surface area contributed by atoms with Gasteiger partial charge < -0.3 is 20.1 Å². The van der Waals surface area contributed by atoms with Crippen molar-refractivity contribution < 1.29 is 27.8 Å². The van der Waals surface area contributed by atoms with Crippen molar-refractivity contribution in [2.24, 2.45) is 5.41 Å². The van der Waals surface area contributed by atoms with Crippen LogP contribution in [0.3, 0.4) is 0 Å². The Hall–Kier alpha value is -4.12. The second-order valence-electron chi connectivity index (χ2n) is 14.0. The predicted octanol–water partition coefficient (Wildman–Crippen LogP) is 6.06. The van der Waals surface area contributed by atoms with Gasteiger partial charge in [-0.15, -0.1) is 0 Å². The van der Waals surface area contributed by atoms with E-state index in [-0.39, 0.29) is 40.8 Å². The zero-order valence-corrected chi connectivity index (χ0v) is 26.4. The van der Waals surface area contributed by atoms with Gasteiger partial charge in [0, 0.05) is 55.4 Å². The molecule has 8 nitrogen and oxygen atoms in total. The maximum atomic E-state index is 17.0. The van der Waals surface area contributed by atoms with Crippen LogP contribution >= 0.6 is 0 Å². The fraction of sp³-hybridized carbons (Fsp3) is 0.472. The highest BCUT2D eigenvalue weighted by atomic mass is 19.1. The van der Waals surface area contributed by atoms with Gasteiger partial charge in [0.1, 0.15) is 35.7 Å². The highest BCUT2D eigenvalue weighted by molar-refractivity contribution is 6.03. The molecule has 2 N–H and O–H groups in total. The number of phenolic OH excluding ortho intramolecular Hbond substituents is 1. The second kappa shape index (κ2) is 11.2. The van der Waals surface area contributed by atoms with E-state index in [0.717, 1.165) is 32.2 Å². The van der Waals surface area contributed by atoms with E-state index in [4.69, 9.17) is 9.72 Å². The van der Waals surface area contributed by atoms with Crippen molar-refractivity contribution in [2.45, 2.75) is 63.6 Å². The Morgan fingerprint density at radius 2 is 1.94 bits per heavy atom. The molecule has 4 aliphatic heterocycles. The molecule has 11 heteroatoms. The van der Waals surface area contributed by atoms with Crippen LogP contribution in [0.5, 0.6) is 11.8 Å². The average Bonchev–Trinajstić information content (AvgIpc) is 3.71. The van der Waals surface area contributed by atoms with E-state index >= 15 is 8.78 Å². The largest absolute Gasteiger partial charge is 0.508 e. The number of anilines is 1. The minimum Gasteiger partial charge on any atom is -0.508 e. The van der Waals surface area contributed by atoms with Crippen molar-refractivity contribution in [1.82, 2.24) is 20.2 Å². The topological polar surface area (TPSA) is 90.8 Å². The van der Waals surface area contributed by atoms with Gasteiger partial charge in [0.05, 0.1) is 5.54 Å². The second-order valence-corrected chi connectivity index (χ2v) is 14.0. The van der Waals surface area contributed by atoms with Gasteiger partial charge in [-0.05, 0) is 84.8 Å². The van der Waals surface area contributed by atoms with E-state index in [1.165, 1.54) is 12.1 Å². The van der Waals surface area contributed by atoms with Gasteiger partial charge in [-0.25, -0.2) is 13.2 Å². The lowest BCUT2D eigenvalue weighted by molar-refractivity contribution is -0.119. The molecule has 4 aliphatic rings. The Kier molecular flexibility index (Phi) is 7.23. The molecule has 1 amide bonds. The van der Waals surface area contributed by atoms with Gasteiger partial charge >= 0.3 is 6.01 Å². The minimum atomic E-state index is -0.922. The van der Waals surface area contributed by atoms with Crippen molar-refractivity contribution in [3.8, 4) is 22.9 Å². The summed E-state index contributed by atoms with van der Waals surface area (Å²) in [5.41, 5.74) is 0.342. The lowest BCUT2D eigenvalue weighted by Crippen LogP contribution is -2.45. The van der Waals surface area contributed by atoms with Crippen LogP contribution in [-0.4, -0.2) is 76.9 Å². The summed E-state index contributed by atoms with van der Waals surface area (Å²) < 4.78 is 52.8. The lowest BCUT2D eigenvalue weighted by Gasteiger charge is -2.40. The molecular formula is C36H38F3N5O3. The first kappa shape index (κ1) is 30.2. The molecule has 1 unspecified atom stereocenters. The number of amides is 1. The molecule has 3 aromatic carbocycles. The molecule has 4 aromatic rings. The fourth-order valence-electron chi connectivity index (χ4n) is 8.77. The number of rotatable bonds is 6. The van der Waals surface area contributed by atoms with Crippen molar-refractivity contribution in [1.29, 1.82) is 0 Å². The number of hydrogen-bond acceptors (Lipinski definition) is 7. The van der Waals surface area contributed by atoms with E-state index in [9.17, 15) is 14.3 Å². The molecule has 0 radical (unpaired) electrons. The third kappa shape index (κ3) is 5.05. The number of piperidine rings is 1. The van der Waals surface area contributed by atoms with Crippen molar-refractivity contribution in [3.63, 3.8) is 0 Å². The Morgan fingerprint density at radius 3 is 2.74 bits per heavy atom. The van der Waals surface area contributed by atoms with Crippen LogP contribution in [0.25, 0.3) is 32.8 Å². The van der Waals surface area contributed by atoms with Gasteiger partial charge in [0.15, 0.2) is 5.82 Å². The number of aromatic nitrogens is 2. The first-order valence-electron chi connectivity index (χ1n) is 16.7. The maximum absolute atomic E-state index is 17.0. The third-order valence-corrected chi connectivity index (χ3v) is 11.0. The Bertz CT molecular complexity index is 1920.